The molecule has 1 fully saturated rings. The highest BCUT2D eigenvalue weighted by Crippen LogP contribution is 2.41. The lowest BCUT2D eigenvalue weighted by molar-refractivity contribution is -0.150. The normalized spacial score (nSPS) is 22.3. The van der Waals surface area contributed by atoms with Crippen molar-refractivity contribution in [1.29, 1.82) is 0 Å². The molecule has 0 spiro atoms. The molecule has 0 aromatic carbocycles. The Morgan fingerprint density at radius 2 is 2.00 bits per heavy atom. The molecule has 37 heavy (non-hydrogen) atoms. The number of carboxylic acids is 1. The number of hydrogen-bond donors (Lipinski definition) is 1. The van der Waals surface area contributed by atoms with Gasteiger partial charge in [0.15, 0.2) is 5.01 Å². The van der Waals surface area contributed by atoms with E-state index in [0.29, 0.717) is 79.2 Å². The highest BCUT2D eigenvalue weighted by molar-refractivity contribution is 7.11. The molecule has 1 aliphatic carbocycles. The van der Waals surface area contributed by atoms with E-state index in [4.69, 9.17) is 0 Å². The number of carboxylic acid groups (broad SMARTS) is 1. The second kappa shape index (κ2) is 9.41. The Morgan fingerprint density at radius 3 is 2.65 bits per heavy atom. The summed E-state index contributed by atoms with van der Waals surface area (Å²) in [5.74, 6) is -0.581. The van der Waals surface area contributed by atoms with Crippen LogP contribution in [-0.2, 0) is 35.3 Å². The molecule has 4 heterocycles. The van der Waals surface area contributed by atoms with Gasteiger partial charge < -0.3 is 14.6 Å². The molecule has 0 radical (unpaired) electrons. The molecule has 1 amide bonds. The van der Waals surface area contributed by atoms with Crippen LogP contribution in [0.2, 0.25) is 0 Å². The zero-order valence-corrected chi connectivity index (χ0v) is 21.6. The van der Waals surface area contributed by atoms with E-state index in [0.717, 1.165) is 16.6 Å². The summed E-state index contributed by atoms with van der Waals surface area (Å²) in [7, 11) is 0. The van der Waals surface area contributed by atoms with Gasteiger partial charge in [-0.25, -0.2) is 9.97 Å². The third-order valence-corrected chi connectivity index (χ3v) is 9.18. The van der Waals surface area contributed by atoms with Crippen LogP contribution in [0.1, 0.15) is 65.9 Å². The van der Waals surface area contributed by atoms with Crippen molar-refractivity contribution in [2.75, 3.05) is 6.54 Å². The first-order valence-electron chi connectivity index (χ1n) is 12.5. The Bertz CT molecular complexity index is 1360. The largest absolute Gasteiger partial charge is 0.481 e. The Balaban J connectivity index is 1.37. The van der Waals surface area contributed by atoms with Crippen LogP contribution in [0.5, 0.6) is 0 Å². The van der Waals surface area contributed by atoms with Crippen molar-refractivity contribution in [2.45, 2.75) is 71.6 Å². The maximum atomic E-state index is 13.3. The molecule has 0 bridgehead atoms. The maximum absolute atomic E-state index is 13.3. The van der Waals surface area contributed by atoms with Gasteiger partial charge in [0.25, 0.3) is 0 Å². The first-order valence-corrected chi connectivity index (χ1v) is 13.3. The molecular formula is C26H29F3N4O3S. The van der Waals surface area contributed by atoms with Crippen molar-refractivity contribution in [3.8, 4) is 0 Å². The predicted molar refractivity (Wildman–Crippen MR) is 132 cm³/mol. The summed E-state index contributed by atoms with van der Waals surface area (Å²) in [5, 5.41) is 9.57. The van der Waals surface area contributed by atoms with E-state index in [-0.39, 0.29) is 18.4 Å². The van der Waals surface area contributed by atoms with E-state index in [1.165, 1.54) is 0 Å². The van der Waals surface area contributed by atoms with Crippen LogP contribution in [0.25, 0.3) is 11.0 Å². The van der Waals surface area contributed by atoms with Crippen LogP contribution < -0.4 is 0 Å². The molecular weight excluding hydrogens is 505 g/mol. The zero-order chi connectivity index (χ0) is 26.5. The number of halogens is 3. The number of carbonyl (C=O) groups is 2. The third-order valence-electron chi connectivity index (χ3n) is 7.99. The summed E-state index contributed by atoms with van der Waals surface area (Å²) in [6.07, 6.45) is 0.765. The van der Waals surface area contributed by atoms with E-state index in [1.54, 1.807) is 20.0 Å². The second-order valence-electron chi connectivity index (χ2n) is 10.5. The SMILES string of the molecule is Cc1nc(C(F)(F)F)sc1Cn1c2c(c3cccnc31)CCN(C(=O)CC1CCC(C)(C(=O)O)CC1)C2. The Kier molecular flexibility index (Phi) is 6.54. The third kappa shape index (κ3) is 4.85. The molecule has 0 atom stereocenters. The van der Waals surface area contributed by atoms with Crippen LogP contribution in [0, 0.1) is 18.3 Å². The Morgan fingerprint density at radius 1 is 1.27 bits per heavy atom. The summed E-state index contributed by atoms with van der Waals surface area (Å²) in [5.41, 5.74) is 2.31. The topological polar surface area (TPSA) is 88.3 Å². The van der Waals surface area contributed by atoms with Gasteiger partial charge in [-0.3, -0.25) is 9.59 Å². The standard InChI is InChI=1S/C26H29F3N4O3S/c1-15-20(37-23(31-15)26(27,28)29)14-33-19-13-32(11-7-17(19)18-4-3-10-30-22(18)33)21(34)12-16-5-8-25(2,9-6-16)24(35)36/h3-4,10,16H,5-9,11-14H2,1-2H3,(H,35,36). The van der Waals surface area contributed by atoms with Crippen molar-refractivity contribution in [1.82, 2.24) is 19.4 Å². The van der Waals surface area contributed by atoms with Gasteiger partial charge in [0.05, 0.1) is 24.2 Å². The minimum Gasteiger partial charge on any atom is -0.481 e. The van der Waals surface area contributed by atoms with Gasteiger partial charge in [0, 0.05) is 35.1 Å². The number of hydrogen-bond acceptors (Lipinski definition) is 5. The first kappa shape index (κ1) is 25.7. The number of rotatable bonds is 5. The summed E-state index contributed by atoms with van der Waals surface area (Å²) in [6.45, 7) is 4.50. The number of aryl methyl sites for hydroxylation is 1. The predicted octanol–water partition coefficient (Wildman–Crippen LogP) is 5.42. The summed E-state index contributed by atoms with van der Waals surface area (Å²) in [6, 6.07) is 3.81. The van der Waals surface area contributed by atoms with Gasteiger partial charge in [0.1, 0.15) is 5.65 Å². The van der Waals surface area contributed by atoms with E-state index in [9.17, 15) is 27.9 Å². The number of aliphatic carboxylic acids is 1. The molecule has 0 saturated heterocycles. The number of alkyl halides is 3. The maximum Gasteiger partial charge on any atom is 0.443 e. The van der Waals surface area contributed by atoms with E-state index >= 15 is 0 Å². The van der Waals surface area contributed by atoms with Crippen molar-refractivity contribution < 1.29 is 27.9 Å². The van der Waals surface area contributed by atoms with Crippen LogP contribution in [-0.4, -0.2) is 43.0 Å². The van der Waals surface area contributed by atoms with Gasteiger partial charge in [-0.2, -0.15) is 13.2 Å². The highest BCUT2D eigenvalue weighted by Gasteiger charge is 2.39. The molecule has 3 aromatic rings. The van der Waals surface area contributed by atoms with E-state index in [1.807, 2.05) is 21.6 Å². The quantitative estimate of drug-likeness (QED) is 0.472. The molecule has 1 N–H and O–H groups in total. The number of amides is 1. The number of fused-ring (bicyclic) bond motifs is 3. The average Bonchev–Trinajstić information content (AvgIpc) is 3.38. The van der Waals surface area contributed by atoms with E-state index < -0.39 is 22.6 Å². The van der Waals surface area contributed by atoms with Crippen LogP contribution >= 0.6 is 11.3 Å². The van der Waals surface area contributed by atoms with Crippen LogP contribution in [0.3, 0.4) is 0 Å². The molecule has 198 valence electrons. The monoisotopic (exact) mass is 534 g/mol. The fraction of sp³-hybridized carbons (Fsp3) is 0.538. The van der Waals surface area contributed by atoms with Gasteiger partial charge in [0.2, 0.25) is 5.91 Å². The fourth-order valence-electron chi connectivity index (χ4n) is 5.59. The first-order chi connectivity index (χ1) is 17.5. The lowest BCUT2D eigenvalue weighted by Gasteiger charge is -2.35. The number of nitrogens with zero attached hydrogens (tertiary/aromatic N) is 4. The summed E-state index contributed by atoms with van der Waals surface area (Å²) in [4.78, 5) is 35.4. The average molecular weight is 535 g/mol. The smallest absolute Gasteiger partial charge is 0.443 e. The molecule has 2 aliphatic rings. The van der Waals surface area contributed by atoms with Crippen molar-refractivity contribution in [3.63, 3.8) is 0 Å². The van der Waals surface area contributed by atoms with Crippen LogP contribution in [0.4, 0.5) is 13.2 Å². The number of thiazole rings is 1. The lowest BCUT2D eigenvalue weighted by atomic mass is 9.71. The van der Waals surface area contributed by atoms with Crippen molar-refractivity contribution in [3.05, 3.63) is 45.2 Å². The molecule has 7 nitrogen and oxygen atoms in total. The number of pyridine rings is 1. The molecule has 5 rings (SSSR count). The molecule has 1 saturated carbocycles. The van der Waals surface area contributed by atoms with Gasteiger partial charge in [-0.15, -0.1) is 11.3 Å². The van der Waals surface area contributed by atoms with Crippen molar-refractivity contribution in [2.24, 2.45) is 11.3 Å². The Hall–Kier alpha value is -2.95. The number of carbonyl (C=O) groups excluding carboxylic acids is 1. The minimum absolute atomic E-state index is 0.0349. The summed E-state index contributed by atoms with van der Waals surface area (Å²) < 4.78 is 41.7. The second-order valence-corrected chi connectivity index (χ2v) is 11.6. The molecule has 1 aliphatic heterocycles. The lowest BCUT2D eigenvalue weighted by Crippen LogP contribution is -2.39. The molecule has 11 heteroatoms. The Labute approximate surface area is 216 Å². The van der Waals surface area contributed by atoms with Gasteiger partial charge in [-0.05, 0) is 69.6 Å². The van der Waals surface area contributed by atoms with Gasteiger partial charge in [-0.1, -0.05) is 0 Å². The van der Waals surface area contributed by atoms with E-state index in [2.05, 4.69) is 9.97 Å². The minimum atomic E-state index is -4.49. The number of aromatic nitrogens is 3. The van der Waals surface area contributed by atoms with Gasteiger partial charge >= 0.3 is 12.1 Å². The molecule has 3 aromatic heterocycles. The van der Waals surface area contributed by atoms with Crippen LogP contribution in [0.15, 0.2) is 18.3 Å². The summed E-state index contributed by atoms with van der Waals surface area (Å²) >= 11 is 0.649. The van der Waals surface area contributed by atoms with Crippen molar-refractivity contribution >= 4 is 34.2 Å². The zero-order valence-electron chi connectivity index (χ0n) is 20.8. The highest BCUT2D eigenvalue weighted by atomic mass is 32.1. The molecule has 0 unspecified atom stereocenters. The fourth-order valence-corrected chi connectivity index (χ4v) is 6.51.